The molecule has 1 fully saturated rings. The molecule has 0 spiro atoms. The molecule has 1 aliphatic heterocycles. The summed E-state index contributed by atoms with van der Waals surface area (Å²) in [4.78, 5) is 14.3. The molecule has 1 aliphatic rings. The lowest BCUT2D eigenvalue weighted by Crippen LogP contribution is -2.42. The summed E-state index contributed by atoms with van der Waals surface area (Å²) in [5.74, 6) is 0.287. The Morgan fingerprint density at radius 3 is 2.95 bits per heavy atom. The molecule has 2 unspecified atom stereocenters. The Labute approximate surface area is 126 Å². The Morgan fingerprint density at radius 1 is 1.48 bits per heavy atom. The number of aliphatic hydroxyl groups is 1. The smallest absolute Gasteiger partial charge is 0.225 e. The molecule has 0 aromatic heterocycles. The van der Waals surface area contributed by atoms with E-state index >= 15 is 0 Å². The molecule has 1 aromatic rings. The fraction of sp³-hybridized carbons (Fsp3) is 0.562. The highest BCUT2D eigenvalue weighted by molar-refractivity contribution is 5.91. The normalized spacial score (nSPS) is 23.0. The standard InChI is InChI=1S/C16H25N3O2/c1-12-11-19(8-6-15(12)20)9-7-16(21)18-14-5-3-2-4-13(14)10-17/h2-5,12,15,20H,6-11,17H2,1H3,(H,18,21). The molecule has 0 radical (unpaired) electrons. The molecular weight excluding hydrogens is 266 g/mol. The third kappa shape index (κ3) is 4.52. The number of anilines is 1. The molecule has 0 saturated carbocycles. The molecular formula is C16H25N3O2. The van der Waals surface area contributed by atoms with Crippen molar-refractivity contribution in [3.05, 3.63) is 29.8 Å². The Balaban J connectivity index is 1.80. The van der Waals surface area contributed by atoms with Gasteiger partial charge in [-0.05, 0) is 24.0 Å². The Morgan fingerprint density at radius 2 is 2.24 bits per heavy atom. The number of hydrogen-bond donors (Lipinski definition) is 3. The molecule has 1 aromatic carbocycles. The lowest BCUT2D eigenvalue weighted by Gasteiger charge is -2.34. The van der Waals surface area contributed by atoms with Crippen LogP contribution < -0.4 is 11.1 Å². The fourth-order valence-electron chi connectivity index (χ4n) is 2.72. The van der Waals surface area contributed by atoms with E-state index in [0.717, 1.165) is 37.3 Å². The van der Waals surface area contributed by atoms with Crippen molar-refractivity contribution in [1.82, 2.24) is 4.90 Å². The maximum Gasteiger partial charge on any atom is 0.225 e. The molecule has 5 nitrogen and oxygen atoms in total. The van der Waals surface area contributed by atoms with Gasteiger partial charge in [0.2, 0.25) is 5.91 Å². The lowest BCUT2D eigenvalue weighted by atomic mass is 9.97. The van der Waals surface area contributed by atoms with Crippen LogP contribution in [-0.2, 0) is 11.3 Å². The quantitative estimate of drug-likeness (QED) is 0.761. The number of benzene rings is 1. The molecule has 116 valence electrons. The topological polar surface area (TPSA) is 78.6 Å². The maximum atomic E-state index is 12.0. The monoisotopic (exact) mass is 291 g/mol. The van der Waals surface area contributed by atoms with Crippen molar-refractivity contribution in [2.75, 3.05) is 25.0 Å². The van der Waals surface area contributed by atoms with E-state index in [1.165, 1.54) is 0 Å². The van der Waals surface area contributed by atoms with Crippen LogP contribution in [0, 0.1) is 5.92 Å². The second-order valence-corrected chi connectivity index (χ2v) is 5.79. The number of likely N-dealkylation sites (tertiary alicyclic amines) is 1. The zero-order valence-electron chi connectivity index (χ0n) is 12.6. The van der Waals surface area contributed by atoms with Crippen LogP contribution in [0.25, 0.3) is 0 Å². The van der Waals surface area contributed by atoms with E-state index in [9.17, 15) is 9.90 Å². The van der Waals surface area contributed by atoms with E-state index in [0.29, 0.717) is 13.0 Å². The summed E-state index contributed by atoms with van der Waals surface area (Å²) in [6, 6.07) is 7.60. The van der Waals surface area contributed by atoms with Gasteiger partial charge in [-0.1, -0.05) is 25.1 Å². The number of nitrogens with zero attached hydrogens (tertiary/aromatic N) is 1. The van der Waals surface area contributed by atoms with Crippen LogP contribution in [-0.4, -0.2) is 41.7 Å². The number of carbonyl (C=O) groups is 1. The number of nitrogens with one attached hydrogen (secondary N) is 1. The molecule has 0 bridgehead atoms. The van der Waals surface area contributed by atoms with Gasteiger partial charge in [0.25, 0.3) is 0 Å². The van der Waals surface area contributed by atoms with Gasteiger partial charge in [0.1, 0.15) is 0 Å². The predicted molar refractivity (Wildman–Crippen MR) is 83.8 cm³/mol. The van der Waals surface area contributed by atoms with Gasteiger partial charge in [-0.2, -0.15) is 0 Å². The number of aliphatic hydroxyl groups excluding tert-OH is 1. The van der Waals surface area contributed by atoms with Gasteiger partial charge in [0.15, 0.2) is 0 Å². The third-order valence-corrected chi connectivity index (χ3v) is 4.11. The van der Waals surface area contributed by atoms with Crippen LogP contribution in [0.15, 0.2) is 24.3 Å². The molecule has 4 N–H and O–H groups in total. The SMILES string of the molecule is CC1CN(CCC(=O)Nc2ccccc2CN)CCC1O. The van der Waals surface area contributed by atoms with Crippen molar-refractivity contribution in [3.63, 3.8) is 0 Å². The van der Waals surface area contributed by atoms with Crippen LogP contribution in [0.1, 0.15) is 25.3 Å². The third-order valence-electron chi connectivity index (χ3n) is 4.11. The highest BCUT2D eigenvalue weighted by Gasteiger charge is 2.24. The summed E-state index contributed by atoms with van der Waals surface area (Å²) in [7, 11) is 0. The number of carbonyl (C=O) groups excluding carboxylic acids is 1. The van der Waals surface area contributed by atoms with E-state index in [1.807, 2.05) is 31.2 Å². The number of nitrogens with two attached hydrogens (primary N) is 1. The summed E-state index contributed by atoms with van der Waals surface area (Å²) >= 11 is 0. The van der Waals surface area contributed by atoms with Crippen molar-refractivity contribution in [3.8, 4) is 0 Å². The van der Waals surface area contributed by atoms with Crippen molar-refractivity contribution >= 4 is 11.6 Å². The summed E-state index contributed by atoms with van der Waals surface area (Å²) < 4.78 is 0. The fourth-order valence-corrected chi connectivity index (χ4v) is 2.72. The molecule has 1 saturated heterocycles. The Bertz CT molecular complexity index is 478. The van der Waals surface area contributed by atoms with E-state index in [2.05, 4.69) is 10.2 Å². The van der Waals surface area contributed by atoms with E-state index in [-0.39, 0.29) is 17.9 Å². The summed E-state index contributed by atoms with van der Waals surface area (Å²) in [6.07, 6.45) is 1.05. The molecule has 1 amide bonds. The average Bonchev–Trinajstić information content (AvgIpc) is 2.49. The van der Waals surface area contributed by atoms with Crippen LogP contribution in [0.2, 0.25) is 0 Å². The first kappa shape index (κ1) is 15.9. The summed E-state index contributed by atoms with van der Waals surface area (Å²) in [5, 5.41) is 12.6. The molecule has 2 atom stereocenters. The van der Waals surface area contributed by atoms with Gasteiger partial charge in [0, 0.05) is 38.3 Å². The first-order valence-electron chi connectivity index (χ1n) is 7.58. The van der Waals surface area contributed by atoms with Crippen LogP contribution in [0.5, 0.6) is 0 Å². The Hall–Kier alpha value is -1.43. The first-order chi connectivity index (χ1) is 10.1. The van der Waals surface area contributed by atoms with Crippen LogP contribution in [0.3, 0.4) is 0 Å². The van der Waals surface area contributed by atoms with Gasteiger partial charge in [-0.15, -0.1) is 0 Å². The highest BCUT2D eigenvalue weighted by atomic mass is 16.3. The lowest BCUT2D eigenvalue weighted by molar-refractivity contribution is -0.116. The van der Waals surface area contributed by atoms with Crippen molar-refractivity contribution in [2.45, 2.75) is 32.4 Å². The van der Waals surface area contributed by atoms with E-state index < -0.39 is 0 Å². The van der Waals surface area contributed by atoms with E-state index in [1.54, 1.807) is 0 Å². The summed E-state index contributed by atoms with van der Waals surface area (Å²) in [5.41, 5.74) is 7.41. The van der Waals surface area contributed by atoms with Gasteiger partial charge < -0.3 is 21.1 Å². The minimum absolute atomic E-state index is 0.00896. The van der Waals surface area contributed by atoms with Crippen LogP contribution >= 0.6 is 0 Å². The van der Waals surface area contributed by atoms with Crippen molar-refractivity contribution < 1.29 is 9.90 Å². The Kier molecular flexibility index (Phi) is 5.73. The number of amides is 1. The van der Waals surface area contributed by atoms with Crippen molar-refractivity contribution in [1.29, 1.82) is 0 Å². The number of piperidine rings is 1. The van der Waals surface area contributed by atoms with Crippen LogP contribution in [0.4, 0.5) is 5.69 Å². The zero-order valence-corrected chi connectivity index (χ0v) is 12.6. The molecule has 1 heterocycles. The molecule has 2 rings (SSSR count). The van der Waals surface area contributed by atoms with Gasteiger partial charge in [-0.3, -0.25) is 4.79 Å². The van der Waals surface area contributed by atoms with E-state index in [4.69, 9.17) is 5.73 Å². The van der Waals surface area contributed by atoms with Gasteiger partial charge in [0.05, 0.1) is 6.10 Å². The highest BCUT2D eigenvalue weighted by Crippen LogP contribution is 2.17. The van der Waals surface area contributed by atoms with Crippen molar-refractivity contribution in [2.24, 2.45) is 11.7 Å². The zero-order chi connectivity index (χ0) is 15.2. The van der Waals surface area contributed by atoms with Gasteiger partial charge >= 0.3 is 0 Å². The number of hydrogen-bond acceptors (Lipinski definition) is 4. The number of rotatable bonds is 5. The molecule has 0 aliphatic carbocycles. The minimum Gasteiger partial charge on any atom is -0.393 e. The molecule has 21 heavy (non-hydrogen) atoms. The van der Waals surface area contributed by atoms with Gasteiger partial charge in [-0.25, -0.2) is 0 Å². The first-order valence-corrected chi connectivity index (χ1v) is 7.58. The second-order valence-electron chi connectivity index (χ2n) is 5.79. The average molecular weight is 291 g/mol. The predicted octanol–water partition coefficient (Wildman–Crippen LogP) is 1.18. The largest absolute Gasteiger partial charge is 0.393 e. The minimum atomic E-state index is -0.202. The second kappa shape index (κ2) is 7.54. The summed E-state index contributed by atoms with van der Waals surface area (Å²) in [6.45, 7) is 4.91. The maximum absolute atomic E-state index is 12.0. The molecule has 5 heteroatoms. The number of para-hydroxylation sites is 1.